The van der Waals surface area contributed by atoms with Gasteiger partial charge in [0.15, 0.2) is 0 Å². The zero-order valence-corrected chi connectivity index (χ0v) is 17.3. The van der Waals surface area contributed by atoms with Gasteiger partial charge in [0, 0.05) is 37.8 Å². The summed E-state index contributed by atoms with van der Waals surface area (Å²) in [6.07, 6.45) is 1.32. The van der Waals surface area contributed by atoms with E-state index in [2.05, 4.69) is 61.9 Å². The summed E-state index contributed by atoms with van der Waals surface area (Å²) in [5, 5.41) is 3.16. The van der Waals surface area contributed by atoms with E-state index in [9.17, 15) is 4.79 Å². The molecule has 2 rings (SSSR count). The maximum Gasteiger partial charge on any atom is 0.251 e. The minimum Gasteiger partial charge on any atom is -0.348 e. The van der Waals surface area contributed by atoms with Crippen LogP contribution in [0.5, 0.6) is 0 Å². The molecule has 1 heterocycles. The highest BCUT2D eigenvalue weighted by atomic mass is 16.1. The van der Waals surface area contributed by atoms with Crippen molar-refractivity contribution in [3.63, 3.8) is 0 Å². The van der Waals surface area contributed by atoms with Gasteiger partial charge in [0.05, 0.1) is 0 Å². The molecule has 26 heavy (non-hydrogen) atoms. The first-order valence-electron chi connectivity index (χ1n) is 10.3. The molecule has 0 saturated carbocycles. The maximum atomic E-state index is 12.5. The van der Waals surface area contributed by atoms with E-state index < -0.39 is 0 Å². The fourth-order valence-electron chi connectivity index (χ4n) is 4.15. The molecule has 1 aliphatic rings. The molecule has 1 aliphatic heterocycles. The third-order valence-corrected chi connectivity index (χ3v) is 5.37. The van der Waals surface area contributed by atoms with Gasteiger partial charge in [-0.2, -0.15) is 0 Å². The number of benzene rings is 1. The number of rotatable bonds is 8. The molecule has 4 heteroatoms. The average Bonchev–Trinajstić information content (AvgIpc) is 2.59. The van der Waals surface area contributed by atoms with Crippen molar-refractivity contribution in [3.8, 4) is 0 Å². The van der Waals surface area contributed by atoms with Crippen molar-refractivity contribution >= 4 is 5.91 Å². The Morgan fingerprint density at radius 3 is 2.27 bits per heavy atom. The maximum absolute atomic E-state index is 12.5. The summed E-state index contributed by atoms with van der Waals surface area (Å²) in [5.74, 6) is 1.53. The van der Waals surface area contributed by atoms with E-state index in [1.807, 2.05) is 12.1 Å². The monoisotopic (exact) mass is 359 g/mol. The Morgan fingerprint density at radius 2 is 1.73 bits per heavy atom. The molecule has 0 aromatic heterocycles. The van der Waals surface area contributed by atoms with Crippen molar-refractivity contribution in [2.45, 2.75) is 53.6 Å². The van der Waals surface area contributed by atoms with Crippen LogP contribution in [0, 0.1) is 11.8 Å². The van der Waals surface area contributed by atoms with Gasteiger partial charge in [-0.05, 0) is 56.0 Å². The lowest BCUT2D eigenvalue weighted by Crippen LogP contribution is -2.47. The van der Waals surface area contributed by atoms with Crippen molar-refractivity contribution < 1.29 is 4.79 Å². The predicted octanol–water partition coefficient (Wildman–Crippen LogP) is 3.62. The quantitative estimate of drug-likeness (QED) is 0.770. The Balaban J connectivity index is 1.84. The van der Waals surface area contributed by atoms with Crippen LogP contribution >= 0.6 is 0 Å². The van der Waals surface area contributed by atoms with Crippen LogP contribution in [-0.4, -0.2) is 54.5 Å². The SMILES string of the molecule is CCN(CC)Cc1ccc(C(=O)NC(C)CN2CC(C)CC(C)C2)cc1. The van der Waals surface area contributed by atoms with E-state index in [1.165, 1.54) is 12.0 Å². The van der Waals surface area contributed by atoms with Crippen molar-refractivity contribution in [2.75, 3.05) is 32.7 Å². The van der Waals surface area contributed by atoms with Gasteiger partial charge >= 0.3 is 0 Å². The van der Waals surface area contributed by atoms with Crippen molar-refractivity contribution in [3.05, 3.63) is 35.4 Å². The van der Waals surface area contributed by atoms with E-state index in [-0.39, 0.29) is 11.9 Å². The summed E-state index contributed by atoms with van der Waals surface area (Å²) < 4.78 is 0. The third kappa shape index (κ3) is 6.40. The standard InChI is InChI=1S/C22H37N3O/c1-6-24(7-2)16-20-8-10-21(11-9-20)22(26)23-19(5)15-25-13-17(3)12-18(4)14-25/h8-11,17-19H,6-7,12-16H2,1-5H3,(H,23,26). The normalized spacial score (nSPS) is 22.4. The fraction of sp³-hybridized carbons (Fsp3) is 0.682. The number of carbonyl (C=O) groups is 1. The highest BCUT2D eigenvalue weighted by Crippen LogP contribution is 2.20. The summed E-state index contributed by atoms with van der Waals surface area (Å²) >= 11 is 0. The Labute approximate surface area is 159 Å². The number of carbonyl (C=O) groups excluding carboxylic acids is 1. The van der Waals surface area contributed by atoms with Gasteiger partial charge in [-0.25, -0.2) is 0 Å². The molecule has 0 aliphatic carbocycles. The molecule has 1 N–H and O–H groups in total. The van der Waals surface area contributed by atoms with Crippen LogP contribution in [0.2, 0.25) is 0 Å². The highest BCUT2D eigenvalue weighted by molar-refractivity contribution is 5.94. The minimum absolute atomic E-state index is 0.0324. The number of nitrogens with zero attached hydrogens (tertiary/aromatic N) is 2. The molecule has 1 fully saturated rings. The third-order valence-electron chi connectivity index (χ3n) is 5.37. The van der Waals surface area contributed by atoms with E-state index in [1.54, 1.807) is 0 Å². The molecule has 0 bridgehead atoms. The summed E-state index contributed by atoms with van der Waals surface area (Å²) in [5.41, 5.74) is 2.01. The predicted molar refractivity (Wildman–Crippen MR) is 109 cm³/mol. The van der Waals surface area contributed by atoms with E-state index in [0.29, 0.717) is 0 Å². The lowest BCUT2D eigenvalue weighted by molar-refractivity contribution is 0.0905. The van der Waals surface area contributed by atoms with Crippen LogP contribution in [0.15, 0.2) is 24.3 Å². The molecule has 0 spiro atoms. The van der Waals surface area contributed by atoms with Gasteiger partial charge in [-0.3, -0.25) is 9.69 Å². The number of hydrogen-bond acceptors (Lipinski definition) is 3. The van der Waals surface area contributed by atoms with Crippen LogP contribution < -0.4 is 5.32 Å². The second-order valence-electron chi connectivity index (χ2n) is 8.20. The lowest BCUT2D eigenvalue weighted by Gasteiger charge is -2.36. The van der Waals surface area contributed by atoms with Gasteiger partial charge in [0.1, 0.15) is 0 Å². The van der Waals surface area contributed by atoms with Crippen molar-refractivity contribution in [1.29, 1.82) is 0 Å². The molecular weight excluding hydrogens is 322 g/mol. The molecule has 1 aromatic rings. The second-order valence-corrected chi connectivity index (χ2v) is 8.20. The number of likely N-dealkylation sites (tertiary alicyclic amines) is 1. The molecule has 0 radical (unpaired) electrons. The van der Waals surface area contributed by atoms with Gasteiger partial charge in [0.2, 0.25) is 0 Å². The average molecular weight is 360 g/mol. The second kappa shape index (κ2) is 10.1. The molecule has 146 valence electrons. The largest absolute Gasteiger partial charge is 0.348 e. The molecule has 4 nitrogen and oxygen atoms in total. The summed E-state index contributed by atoms with van der Waals surface area (Å²) in [6.45, 7) is 17.4. The van der Waals surface area contributed by atoms with E-state index >= 15 is 0 Å². The zero-order chi connectivity index (χ0) is 19.1. The molecule has 3 unspecified atom stereocenters. The number of amides is 1. The van der Waals surface area contributed by atoms with Crippen LogP contribution in [0.25, 0.3) is 0 Å². The van der Waals surface area contributed by atoms with Crippen LogP contribution in [0.1, 0.15) is 57.0 Å². The van der Waals surface area contributed by atoms with E-state index in [0.717, 1.165) is 56.7 Å². The lowest BCUT2D eigenvalue weighted by atomic mass is 9.92. The Morgan fingerprint density at radius 1 is 1.15 bits per heavy atom. The molecule has 1 aromatic carbocycles. The highest BCUT2D eigenvalue weighted by Gasteiger charge is 2.23. The van der Waals surface area contributed by atoms with Crippen molar-refractivity contribution in [1.82, 2.24) is 15.1 Å². The van der Waals surface area contributed by atoms with Crippen LogP contribution in [0.3, 0.4) is 0 Å². The first kappa shape index (κ1) is 20.9. The number of piperidine rings is 1. The minimum atomic E-state index is 0.0324. The first-order valence-corrected chi connectivity index (χ1v) is 10.3. The van der Waals surface area contributed by atoms with Crippen LogP contribution in [-0.2, 0) is 6.54 Å². The van der Waals surface area contributed by atoms with Crippen LogP contribution in [0.4, 0.5) is 0 Å². The Hall–Kier alpha value is -1.39. The summed E-state index contributed by atoms with van der Waals surface area (Å²) in [4.78, 5) is 17.4. The zero-order valence-electron chi connectivity index (χ0n) is 17.3. The van der Waals surface area contributed by atoms with Gasteiger partial charge in [-0.15, -0.1) is 0 Å². The molecular formula is C22H37N3O. The smallest absolute Gasteiger partial charge is 0.251 e. The van der Waals surface area contributed by atoms with Gasteiger partial charge in [-0.1, -0.05) is 39.8 Å². The Bertz CT molecular complexity index is 543. The number of hydrogen-bond donors (Lipinski definition) is 1. The molecule has 3 atom stereocenters. The number of nitrogens with one attached hydrogen (secondary N) is 1. The van der Waals surface area contributed by atoms with Gasteiger partial charge in [0.25, 0.3) is 5.91 Å². The van der Waals surface area contributed by atoms with Gasteiger partial charge < -0.3 is 10.2 Å². The fourth-order valence-corrected chi connectivity index (χ4v) is 4.15. The molecule has 1 amide bonds. The summed E-state index contributed by atoms with van der Waals surface area (Å²) in [6, 6.07) is 8.21. The summed E-state index contributed by atoms with van der Waals surface area (Å²) in [7, 11) is 0. The molecule has 1 saturated heterocycles. The topological polar surface area (TPSA) is 35.6 Å². The Kier molecular flexibility index (Phi) is 8.11. The van der Waals surface area contributed by atoms with E-state index in [4.69, 9.17) is 0 Å². The first-order chi connectivity index (χ1) is 12.4. The van der Waals surface area contributed by atoms with Crippen molar-refractivity contribution in [2.24, 2.45) is 11.8 Å².